The first-order chi connectivity index (χ1) is 14.4. The van der Waals surface area contributed by atoms with Crippen molar-refractivity contribution in [3.8, 4) is 0 Å². The standard InChI is InChI=1S/C18H22ClN4O6P/c19-17-13-16(23(25)26)7-8-18(17)21-20-14-3-5-15(6-4-14)22(9-1-11-24)10-2-12-29-30(27)28/h3-8,13,24,30H,1-2,9-12H2,(H,27,28)/b21-20+. The first kappa shape index (κ1) is 23.9. The third-order valence-corrected chi connectivity index (χ3v) is 4.77. The van der Waals surface area contributed by atoms with Crippen molar-refractivity contribution in [2.45, 2.75) is 12.8 Å². The maximum absolute atomic E-state index is 10.8. The summed E-state index contributed by atoms with van der Waals surface area (Å²) in [6.07, 6.45) is 1.14. The van der Waals surface area contributed by atoms with E-state index in [4.69, 9.17) is 26.1 Å². The van der Waals surface area contributed by atoms with Gasteiger partial charge in [-0.1, -0.05) is 11.6 Å². The zero-order chi connectivity index (χ0) is 21.9. The van der Waals surface area contributed by atoms with E-state index in [2.05, 4.69) is 10.2 Å². The maximum atomic E-state index is 10.8. The van der Waals surface area contributed by atoms with Gasteiger partial charge in [0.2, 0.25) is 0 Å². The van der Waals surface area contributed by atoms with Crippen LogP contribution >= 0.6 is 19.9 Å². The third kappa shape index (κ3) is 7.81. The summed E-state index contributed by atoms with van der Waals surface area (Å²) in [6, 6.07) is 11.2. The number of halogens is 1. The van der Waals surface area contributed by atoms with E-state index in [0.717, 1.165) is 5.69 Å². The molecule has 0 saturated heterocycles. The Hall–Kier alpha value is -2.36. The Morgan fingerprint density at radius 1 is 1.13 bits per heavy atom. The number of anilines is 1. The Bertz CT molecular complexity index is 897. The lowest BCUT2D eigenvalue weighted by Gasteiger charge is -2.24. The van der Waals surface area contributed by atoms with Gasteiger partial charge in [-0.05, 0) is 43.2 Å². The molecule has 162 valence electrons. The normalized spacial score (nSPS) is 12.2. The molecule has 0 aliphatic carbocycles. The number of nitro benzene ring substituents is 1. The highest BCUT2D eigenvalue weighted by Crippen LogP contribution is 2.30. The van der Waals surface area contributed by atoms with Crippen molar-refractivity contribution >= 4 is 42.6 Å². The summed E-state index contributed by atoms with van der Waals surface area (Å²) in [4.78, 5) is 21.0. The highest BCUT2D eigenvalue weighted by molar-refractivity contribution is 7.32. The van der Waals surface area contributed by atoms with Crippen LogP contribution in [0.1, 0.15) is 12.8 Å². The largest absolute Gasteiger partial charge is 0.396 e. The number of non-ortho nitro benzene ring substituents is 1. The van der Waals surface area contributed by atoms with E-state index in [9.17, 15) is 14.7 Å². The molecule has 2 N–H and O–H groups in total. The number of hydrogen-bond acceptors (Lipinski definition) is 8. The van der Waals surface area contributed by atoms with Crippen LogP contribution in [0.25, 0.3) is 0 Å². The van der Waals surface area contributed by atoms with Gasteiger partial charge in [-0.3, -0.25) is 14.7 Å². The van der Waals surface area contributed by atoms with Crippen LogP contribution in [0, 0.1) is 10.1 Å². The molecule has 2 aromatic rings. The van der Waals surface area contributed by atoms with Crippen LogP contribution in [-0.4, -0.2) is 41.2 Å². The molecule has 0 aliphatic heterocycles. The van der Waals surface area contributed by atoms with Crippen LogP contribution < -0.4 is 4.90 Å². The molecular weight excluding hydrogens is 435 g/mol. The van der Waals surface area contributed by atoms with E-state index in [1.54, 1.807) is 12.1 Å². The summed E-state index contributed by atoms with van der Waals surface area (Å²) in [5.74, 6) is 0. The quantitative estimate of drug-likeness (QED) is 0.156. The van der Waals surface area contributed by atoms with Crippen molar-refractivity contribution in [2.75, 3.05) is 31.2 Å². The van der Waals surface area contributed by atoms with E-state index < -0.39 is 13.2 Å². The molecule has 0 aromatic heterocycles. The van der Waals surface area contributed by atoms with E-state index >= 15 is 0 Å². The topological polar surface area (TPSA) is 138 Å². The number of nitrogens with zero attached hydrogens (tertiary/aromatic N) is 4. The highest BCUT2D eigenvalue weighted by atomic mass is 35.5. The van der Waals surface area contributed by atoms with E-state index in [0.29, 0.717) is 37.3 Å². The maximum Gasteiger partial charge on any atom is 0.316 e. The van der Waals surface area contributed by atoms with Crippen molar-refractivity contribution in [3.05, 3.63) is 57.6 Å². The molecule has 0 aliphatic rings. The SMILES string of the molecule is O=[N+]([O-])c1ccc(/N=N/c2ccc(N(CCCO)CCCO[PH](=O)O)cc2)c(Cl)c1. The predicted octanol–water partition coefficient (Wildman–Crippen LogP) is 4.64. The molecular formula is C18H22ClN4O6P. The summed E-state index contributed by atoms with van der Waals surface area (Å²) >= 11 is 6.01. The van der Waals surface area contributed by atoms with Gasteiger partial charge in [0.05, 0.1) is 22.2 Å². The van der Waals surface area contributed by atoms with Crippen LogP contribution in [0.15, 0.2) is 52.7 Å². The van der Waals surface area contributed by atoms with Gasteiger partial charge in [0.15, 0.2) is 0 Å². The van der Waals surface area contributed by atoms with Crippen molar-refractivity contribution < 1.29 is 24.0 Å². The first-order valence-corrected chi connectivity index (χ1v) is 10.7. The van der Waals surface area contributed by atoms with Crippen LogP contribution in [0.5, 0.6) is 0 Å². The summed E-state index contributed by atoms with van der Waals surface area (Å²) in [7, 11) is -2.93. The Morgan fingerprint density at radius 2 is 1.83 bits per heavy atom. The lowest BCUT2D eigenvalue weighted by Crippen LogP contribution is -2.26. The molecule has 10 nitrogen and oxygen atoms in total. The molecule has 0 radical (unpaired) electrons. The van der Waals surface area contributed by atoms with Crippen LogP contribution in [0.2, 0.25) is 5.02 Å². The lowest BCUT2D eigenvalue weighted by molar-refractivity contribution is -0.384. The number of azo groups is 1. The minimum absolute atomic E-state index is 0.0552. The van der Waals surface area contributed by atoms with Gasteiger partial charge in [0, 0.05) is 37.5 Å². The molecule has 0 fully saturated rings. The van der Waals surface area contributed by atoms with E-state index in [1.165, 1.54) is 18.2 Å². The fraction of sp³-hybridized carbons (Fsp3) is 0.333. The molecule has 0 bridgehead atoms. The molecule has 30 heavy (non-hydrogen) atoms. The third-order valence-electron chi connectivity index (χ3n) is 4.01. The average Bonchev–Trinajstić information content (AvgIpc) is 2.72. The molecule has 1 unspecified atom stereocenters. The van der Waals surface area contributed by atoms with Gasteiger partial charge in [-0.15, -0.1) is 5.11 Å². The molecule has 0 heterocycles. The van der Waals surface area contributed by atoms with Gasteiger partial charge in [-0.25, -0.2) is 0 Å². The zero-order valence-electron chi connectivity index (χ0n) is 16.0. The summed E-state index contributed by atoms with van der Waals surface area (Å²) in [5.41, 5.74) is 1.66. The average molecular weight is 457 g/mol. The minimum atomic E-state index is -2.93. The Morgan fingerprint density at radius 3 is 2.43 bits per heavy atom. The van der Waals surface area contributed by atoms with Crippen molar-refractivity contribution in [1.82, 2.24) is 0 Å². The second-order valence-electron chi connectivity index (χ2n) is 6.14. The van der Waals surface area contributed by atoms with Gasteiger partial charge >= 0.3 is 8.25 Å². The summed E-state index contributed by atoms with van der Waals surface area (Å²) in [6.45, 7) is 1.43. The Labute approximate surface area is 178 Å². The van der Waals surface area contributed by atoms with Crippen molar-refractivity contribution in [1.29, 1.82) is 0 Å². The number of benzene rings is 2. The fourth-order valence-corrected chi connectivity index (χ4v) is 3.11. The molecule has 2 rings (SSSR count). The number of aliphatic hydroxyl groups excluding tert-OH is 1. The Balaban J connectivity index is 2.04. The summed E-state index contributed by atoms with van der Waals surface area (Å²) in [5, 5.41) is 28.1. The summed E-state index contributed by atoms with van der Waals surface area (Å²) < 4.78 is 15.3. The van der Waals surface area contributed by atoms with Crippen molar-refractivity contribution in [3.63, 3.8) is 0 Å². The highest BCUT2D eigenvalue weighted by Gasteiger charge is 2.09. The van der Waals surface area contributed by atoms with Gasteiger partial charge in [-0.2, -0.15) is 5.11 Å². The Kier molecular flexibility index (Phi) is 9.85. The smallest absolute Gasteiger partial charge is 0.316 e. The monoisotopic (exact) mass is 456 g/mol. The second kappa shape index (κ2) is 12.4. The number of nitro groups is 1. The van der Waals surface area contributed by atoms with Crippen LogP contribution in [0.4, 0.5) is 22.7 Å². The lowest BCUT2D eigenvalue weighted by atomic mass is 10.2. The fourth-order valence-electron chi connectivity index (χ4n) is 2.58. The predicted molar refractivity (Wildman–Crippen MR) is 114 cm³/mol. The number of hydrogen-bond donors (Lipinski definition) is 2. The zero-order valence-corrected chi connectivity index (χ0v) is 17.7. The van der Waals surface area contributed by atoms with Crippen molar-refractivity contribution in [2.24, 2.45) is 10.2 Å². The molecule has 1 atom stereocenters. The van der Waals surface area contributed by atoms with Gasteiger partial charge in [0.25, 0.3) is 5.69 Å². The first-order valence-electron chi connectivity index (χ1n) is 9.08. The molecule has 0 saturated carbocycles. The molecule has 0 amide bonds. The van der Waals surface area contributed by atoms with Crippen LogP contribution in [-0.2, 0) is 9.09 Å². The number of rotatable bonds is 12. The molecule has 2 aromatic carbocycles. The molecule has 0 spiro atoms. The van der Waals surface area contributed by atoms with Crippen LogP contribution in [0.3, 0.4) is 0 Å². The van der Waals surface area contributed by atoms with Gasteiger partial charge < -0.3 is 19.4 Å². The second-order valence-corrected chi connectivity index (χ2v) is 7.37. The van der Waals surface area contributed by atoms with E-state index in [-0.39, 0.29) is 23.9 Å². The van der Waals surface area contributed by atoms with Gasteiger partial charge in [0.1, 0.15) is 5.69 Å². The number of aliphatic hydroxyl groups is 1. The minimum Gasteiger partial charge on any atom is -0.396 e. The molecule has 12 heteroatoms. The van der Waals surface area contributed by atoms with E-state index in [1.807, 2.05) is 17.0 Å².